The van der Waals surface area contributed by atoms with E-state index in [1.54, 1.807) is 0 Å². The molecule has 0 bridgehead atoms. The molecule has 0 saturated carbocycles. The van der Waals surface area contributed by atoms with Gasteiger partial charge in [0, 0.05) is 13.2 Å². The Balaban J connectivity index is 4.06. The second-order valence-corrected chi connectivity index (χ2v) is 4.17. The number of alkyl halides is 3. The van der Waals surface area contributed by atoms with Crippen LogP contribution in [0, 0.1) is 0 Å². The molecule has 0 aliphatic carbocycles. The highest BCUT2D eigenvalue weighted by Crippen LogP contribution is 2.24. The summed E-state index contributed by atoms with van der Waals surface area (Å²) in [4.78, 5) is 0. The molecule has 5 nitrogen and oxygen atoms in total. The van der Waals surface area contributed by atoms with E-state index >= 15 is 0 Å². The van der Waals surface area contributed by atoms with Gasteiger partial charge in [-0.2, -0.15) is 21.6 Å². The summed E-state index contributed by atoms with van der Waals surface area (Å²) < 4.78 is 69.4. The maximum atomic E-state index is 11.8. The number of rotatable bonds is 7. The highest BCUT2D eigenvalue weighted by atomic mass is 32.2. The normalized spacial score (nSPS) is 14.1. The smallest absolute Gasteiger partial charge is 0.352 e. The molecule has 0 fully saturated rings. The van der Waals surface area contributed by atoms with Gasteiger partial charge in [0.2, 0.25) is 0 Å². The third-order valence-electron chi connectivity index (χ3n) is 1.37. The second kappa shape index (κ2) is 6.77. The Morgan fingerprint density at radius 3 is 2.41 bits per heavy atom. The molecule has 0 heterocycles. The molecule has 0 radical (unpaired) electrons. The minimum absolute atomic E-state index is 0.397. The van der Waals surface area contributed by atoms with Crippen molar-refractivity contribution in [1.82, 2.24) is 0 Å². The summed E-state index contributed by atoms with van der Waals surface area (Å²) in [5.74, 6) is 0. The number of hydrogen-bond donors (Lipinski definition) is 0. The standard InChI is InChI=1S/C8H11F3O5S/c1-3-4-7(14-2)15-5-6-16-17(12,13)8(9,10)11/h4,7H,1,5-6H2,2H3. The van der Waals surface area contributed by atoms with Crippen LogP contribution >= 0.6 is 0 Å². The first kappa shape index (κ1) is 16.1. The van der Waals surface area contributed by atoms with Gasteiger partial charge < -0.3 is 9.47 Å². The first-order valence-electron chi connectivity index (χ1n) is 4.20. The van der Waals surface area contributed by atoms with E-state index in [0.717, 1.165) is 0 Å². The molecule has 1 atom stereocenters. The summed E-state index contributed by atoms with van der Waals surface area (Å²) in [5, 5.41) is 0. The third kappa shape index (κ3) is 5.85. The van der Waals surface area contributed by atoms with Gasteiger partial charge in [-0.1, -0.05) is 6.58 Å². The van der Waals surface area contributed by atoms with Gasteiger partial charge in [0.15, 0.2) is 6.29 Å². The highest BCUT2D eigenvalue weighted by Gasteiger charge is 2.47. The predicted octanol–water partition coefficient (Wildman–Crippen LogP) is 1.18. The molecule has 0 rings (SSSR count). The van der Waals surface area contributed by atoms with Crippen molar-refractivity contribution in [3.05, 3.63) is 18.4 Å². The molecule has 0 aromatic carbocycles. The fraction of sp³-hybridized carbons (Fsp3) is 0.625. The highest BCUT2D eigenvalue weighted by molar-refractivity contribution is 7.87. The minimum Gasteiger partial charge on any atom is -0.352 e. The van der Waals surface area contributed by atoms with Crippen molar-refractivity contribution in [2.75, 3.05) is 20.3 Å². The van der Waals surface area contributed by atoms with Crippen molar-refractivity contribution in [1.29, 1.82) is 0 Å². The van der Waals surface area contributed by atoms with Gasteiger partial charge in [-0.15, -0.1) is 5.73 Å². The van der Waals surface area contributed by atoms with Crippen molar-refractivity contribution in [2.24, 2.45) is 0 Å². The zero-order chi connectivity index (χ0) is 13.5. The van der Waals surface area contributed by atoms with E-state index in [2.05, 4.69) is 21.2 Å². The van der Waals surface area contributed by atoms with E-state index < -0.39 is 35.1 Å². The van der Waals surface area contributed by atoms with Gasteiger partial charge in [0.25, 0.3) is 0 Å². The molecule has 0 aliphatic heterocycles. The van der Waals surface area contributed by atoms with Crippen LogP contribution in [0.3, 0.4) is 0 Å². The topological polar surface area (TPSA) is 61.8 Å². The van der Waals surface area contributed by atoms with E-state index in [0.29, 0.717) is 0 Å². The number of methoxy groups -OCH3 is 1. The van der Waals surface area contributed by atoms with E-state index in [-0.39, 0.29) is 0 Å². The lowest BCUT2D eigenvalue weighted by molar-refractivity contribution is -0.0983. The Labute approximate surface area is 96.6 Å². The van der Waals surface area contributed by atoms with E-state index in [1.165, 1.54) is 13.2 Å². The Hall–Kier alpha value is -0.860. The first-order valence-corrected chi connectivity index (χ1v) is 5.61. The van der Waals surface area contributed by atoms with Crippen molar-refractivity contribution < 1.29 is 35.2 Å². The lowest BCUT2D eigenvalue weighted by atomic mass is 10.6. The summed E-state index contributed by atoms with van der Waals surface area (Å²) in [6, 6.07) is 0. The van der Waals surface area contributed by atoms with Crippen LogP contribution < -0.4 is 0 Å². The average molecular weight is 276 g/mol. The lowest BCUT2D eigenvalue weighted by Gasteiger charge is -2.12. The van der Waals surface area contributed by atoms with E-state index in [4.69, 9.17) is 4.74 Å². The average Bonchev–Trinajstić information content (AvgIpc) is 2.21. The van der Waals surface area contributed by atoms with Crippen LogP contribution in [0.15, 0.2) is 18.4 Å². The van der Waals surface area contributed by atoms with E-state index in [1.807, 2.05) is 0 Å². The molecule has 17 heavy (non-hydrogen) atoms. The molecule has 1 unspecified atom stereocenters. The summed E-state index contributed by atoms with van der Waals surface area (Å²) in [5.41, 5.74) is -3.10. The molecule has 0 aromatic rings. The number of ether oxygens (including phenoxy) is 2. The molecular formula is C8H11F3O5S. The van der Waals surface area contributed by atoms with Crippen LogP contribution in [0.5, 0.6) is 0 Å². The SMILES string of the molecule is C=C=CC(OC)OCCOS(=O)(=O)C(F)(F)F. The minimum atomic E-state index is -5.57. The summed E-state index contributed by atoms with van der Waals surface area (Å²) in [6.07, 6.45) is 0.392. The molecular weight excluding hydrogens is 265 g/mol. The quantitative estimate of drug-likeness (QED) is 0.230. The maximum Gasteiger partial charge on any atom is 0.523 e. The Morgan fingerprint density at radius 1 is 1.41 bits per heavy atom. The van der Waals surface area contributed by atoms with Crippen LogP contribution in [0.4, 0.5) is 13.2 Å². The first-order chi connectivity index (χ1) is 7.74. The van der Waals surface area contributed by atoms with Gasteiger partial charge >= 0.3 is 15.6 Å². The van der Waals surface area contributed by atoms with Crippen molar-refractivity contribution in [2.45, 2.75) is 11.8 Å². The maximum absolute atomic E-state index is 11.8. The zero-order valence-electron chi connectivity index (χ0n) is 8.86. The third-order valence-corrected chi connectivity index (χ3v) is 2.42. The van der Waals surface area contributed by atoms with E-state index in [9.17, 15) is 21.6 Å². The summed E-state index contributed by atoms with van der Waals surface area (Å²) in [6.45, 7) is 2.06. The van der Waals surface area contributed by atoms with Crippen molar-refractivity contribution >= 4 is 10.1 Å². The molecule has 0 N–H and O–H groups in total. The fourth-order valence-corrected chi connectivity index (χ4v) is 1.08. The van der Waals surface area contributed by atoms with Gasteiger partial charge in [-0.3, -0.25) is 4.18 Å². The molecule has 0 aliphatic rings. The van der Waals surface area contributed by atoms with Gasteiger partial charge in [-0.05, 0) is 0 Å². The summed E-state index contributed by atoms with van der Waals surface area (Å²) in [7, 11) is -4.29. The number of hydrogen-bond acceptors (Lipinski definition) is 5. The summed E-state index contributed by atoms with van der Waals surface area (Å²) >= 11 is 0. The lowest BCUT2D eigenvalue weighted by Crippen LogP contribution is -2.27. The monoisotopic (exact) mass is 276 g/mol. The Morgan fingerprint density at radius 2 is 2.00 bits per heavy atom. The molecule has 9 heteroatoms. The largest absolute Gasteiger partial charge is 0.523 e. The van der Waals surface area contributed by atoms with Crippen LogP contribution in [-0.2, 0) is 23.8 Å². The number of halogens is 3. The van der Waals surface area contributed by atoms with Crippen molar-refractivity contribution in [3.63, 3.8) is 0 Å². The fourth-order valence-electron chi connectivity index (χ4n) is 0.655. The van der Waals surface area contributed by atoms with Crippen LogP contribution in [0.1, 0.15) is 0 Å². The molecule has 0 aromatic heterocycles. The Bertz CT molecular complexity index is 369. The predicted molar refractivity (Wildman–Crippen MR) is 51.4 cm³/mol. The van der Waals surface area contributed by atoms with Gasteiger partial charge in [0.1, 0.15) is 0 Å². The zero-order valence-corrected chi connectivity index (χ0v) is 9.68. The second-order valence-electron chi connectivity index (χ2n) is 2.57. The Kier molecular flexibility index (Phi) is 6.43. The molecule has 0 saturated heterocycles. The molecule has 0 amide bonds. The van der Waals surface area contributed by atoms with Crippen LogP contribution in [0.2, 0.25) is 0 Å². The van der Waals surface area contributed by atoms with Gasteiger partial charge in [0.05, 0.1) is 13.2 Å². The van der Waals surface area contributed by atoms with Crippen molar-refractivity contribution in [3.8, 4) is 0 Å². The molecule has 0 spiro atoms. The van der Waals surface area contributed by atoms with Crippen LogP contribution in [0.25, 0.3) is 0 Å². The van der Waals surface area contributed by atoms with Gasteiger partial charge in [-0.25, -0.2) is 0 Å². The molecule has 100 valence electrons. The van der Waals surface area contributed by atoms with Crippen LogP contribution in [-0.4, -0.2) is 40.5 Å².